The maximum atomic E-state index is 14.4. The molecule has 272 valence electrons. The first-order valence-corrected chi connectivity index (χ1v) is 17.3. The molecule has 0 unspecified atom stereocenters. The molecule has 1 saturated heterocycles. The van der Waals surface area contributed by atoms with E-state index in [4.69, 9.17) is 4.74 Å². The number of Topliss-reactive ketones (excluding diaryl/α,β-unsaturated/α-hetero) is 2. The molecule has 3 aliphatic rings. The molecule has 2 bridgehead atoms. The summed E-state index contributed by atoms with van der Waals surface area (Å²) in [6.07, 6.45) is 0.677. The third-order valence-corrected chi connectivity index (χ3v) is 10.4. The van der Waals surface area contributed by atoms with Gasteiger partial charge in [0, 0.05) is 61.3 Å². The number of aryl methyl sites for hydroxylation is 2. The van der Waals surface area contributed by atoms with Gasteiger partial charge in [-0.25, -0.2) is 15.0 Å². The molecular weight excluding hydrogens is 679 g/mol. The van der Waals surface area contributed by atoms with Crippen LogP contribution in [0, 0.1) is 19.3 Å². The fourth-order valence-electron chi connectivity index (χ4n) is 7.54. The third-order valence-electron chi connectivity index (χ3n) is 10.4. The predicted molar refractivity (Wildman–Crippen MR) is 181 cm³/mol. The summed E-state index contributed by atoms with van der Waals surface area (Å²) >= 11 is 0. The summed E-state index contributed by atoms with van der Waals surface area (Å²) in [7, 11) is 0. The van der Waals surface area contributed by atoms with Gasteiger partial charge in [0.2, 0.25) is 11.8 Å². The number of nitrogens with one attached hydrogen (secondary N) is 1. The van der Waals surface area contributed by atoms with Crippen molar-refractivity contribution < 1.29 is 37.1 Å². The maximum absolute atomic E-state index is 14.4. The minimum absolute atomic E-state index is 0.0122. The van der Waals surface area contributed by atoms with Crippen LogP contribution in [0.2, 0.25) is 0 Å². The number of hydrogen-bond donors (Lipinski definition) is 1. The number of halogens is 3. The average molecular weight is 718 g/mol. The number of nitrogens with zero attached hydrogens (tertiary/aromatic N) is 6. The fourth-order valence-corrected chi connectivity index (χ4v) is 7.54. The molecule has 1 saturated carbocycles. The van der Waals surface area contributed by atoms with Crippen LogP contribution in [0.3, 0.4) is 0 Å². The first-order valence-electron chi connectivity index (χ1n) is 17.3. The van der Waals surface area contributed by atoms with Gasteiger partial charge in [0.05, 0.1) is 30.3 Å². The summed E-state index contributed by atoms with van der Waals surface area (Å²) in [4.78, 5) is 68.2. The van der Waals surface area contributed by atoms with Gasteiger partial charge >= 0.3 is 6.18 Å². The van der Waals surface area contributed by atoms with Crippen molar-refractivity contribution in [1.29, 1.82) is 0 Å². The molecule has 7 rings (SSSR count). The average Bonchev–Trinajstić information content (AvgIpc) is 3.50. The Balaban J connectivity index is 1.28. The SMILES string of the molecule is CC(=O)c1nn2c3c(cc(-c4cnc(C)nc4)cc13)CNC(=O)CCCCOC[C@@]13C[C@@H](C(=O)Cc4nc(C(F)(F)F)ccc4C)N(C(=O)C2)[C@@H]1C3. The number of carbonyl (C=O) groups excluding carboxylic acids is 4. The first kappa shape index (κ1) is 35.4. The van der Waals surface area contributed by atoms with Crippen molar-refractivity contribution in [2.75, 3.05) is 13.2 Å². The predicted octanol–water partition coefficient (Wildman–Crippen LogP) is 4.71. The molecule has 1 N–H and O–H groups in total. The number of amides is 2. The summed E-state index contributed by atoms with van der Waals surface area (Å²) in [5.74, 6) is -0.740. The molecule has 3 aromatic heterocycles. The second-order valence-electron chi connectivity index (χ2n) is 14.1. The highest BCUT2D eigenvalue weighted by atomic mass is 19.4. The summed E-state index contributed by atoms with van der Waals surface area (Å²) in [6, 6.07) is 4.60. The lowest BCUT2D eigenvalue weighted by Gasteiger charge is -2.27. The van der Waals surface area contributed by atoms with Crippen LogP contribution in [0.25, 0.3) is 22.0 Å². The molecule has 5 heterocycles. The molecule has 0 radical (unpaired) electrons. The van der Waals surface area contributed by atoms with Crippen LogP contribution in [0.1, 0.15) is 77.9 Å². The van der Waals surface area contributed by atoms with Crippen LogP contribution in [0.4, 0.5) is 13.2 Å². The standard InChI is InChI=1S/C37H38F3N7O5/c1-20-7-8-30(37(38,39)40)44-27(20)12-29(49)28-13-36-14-31(36)47(28)33(51)18-46-35-24(15-43-32(50)6-4-5-9-52-19-36)10-23(25-16-41-22(3)42-17-25)11-26(35)34(45-46)21(2)48/h7-8,10-11,16-17,28,31H,4-6,9,12-15,18-19H2,1-3H3,(H,43,50)/t28-,31+,36-/m0/s1. The largest absolute Gasteiger partial charge is 0.433 e. The molecule has 1 aromatic carbocycles. The molecular formula is C37H38F3N7O5. The van der Waals surface area contributed by atoms with E-state index in [1.807, 2.05) is 6.07 Å². The molecule has 2 aliphatic heterocycles. The highest BCUT2D eigenvalue weighted by Gasteiger charge is 2.67. The third kappa shape index (κ3) is 6.81. The van der Waals surface area contributed by atoms with E-state index in [0.717, 1.165) is 6.07 Å². The Hall–Kier alpha value is -5.05. The van der Waals surface area contributed by atoms with Gasteiger partial charge in [-0.1, -0.05) is 6.07 Å². The smallest absolute Gasteiger partial charge is 0.381 e. The Morgan fingerprint density at radius 3 is 2.56 bits per heavy atom. The lowest BCUT2D eigenvalue weighted by atomic mass is 9.95. The van der Waals surface area contributed by atoms with Gasteiger partial charge in [0.1, 0.15) is 23.8 Å². The summed E-state index contributed by atoms with van der Waals surface area (Å²) in [5.41, 5.74) is 1.50. The monoisotopic (exact) mass is 717 g/mol. The van der Waals surface area contributed by atoms with Gasteiger partial charge in [-0.15, -0.1) is 0 Å². The zero-order valence-corrected chi connectivity index (χ0v) is 29.0. The Labute approximate surface area is 297 Å². The quantitative estimate of drug-likeness (QED) is 0.290. The number of ketones is 2. The van der Waals surface area contributed by atoms with Crippen molar-refractivity contribution in [3.8, 4) is 11.1 Å². The van der Waals surface area contributed by atoms with Crippen molar-refractivity contribution in [3.63, 3.8) is 0 Å². The van der Waals surface area contributed by atoms with E-state index in [1.54, 1.807) is 37.2 Å². The lowest BCUT2D eigenvalue weighted by Crippen LogP contribution is -2.45. The number of pyridine rings is 1. The second kappa shape index (κ2) is 13.5. The summed E-state index contributed by atoms with van der Waals surface area (Å²) < 4.78 is 48.0. The normalized spacial score (nSPS) is 22.5. The number of rotatable bonds is 5. The fraction of sp³-hybridized carbons (Fsp3) is 0.459. The van der Waals surface area contributed by atoms with Crippen LogP contribution in [0.5, 0.6) is 0 Å². The van der Waals surface area contributed by atoms with Crippen molar-refractivity contribution in [3.05, 3.63) is 70.7 Å². The Morgan fingerprint density at radius 2 is 1.83 bits per heavy atom. The van der Waals surface area contributed by atoms with E-state index in [1.165, 1.54) is 17.7 Å². The zero-order chi connectivity index (χ0) is 36.9. The topological polar surface area (TPSA) is 149 Å². The maximum Gasteiger partial charge on any atom is 0.433 e. The molecule has 12 nitrogen and oxygen atoms in total. The van der Waals surface area contributed by atoms with Gasteiger partial charge in [-0.2, -0.15) is 18.3 Å². The zero-order valence-electron chi connectivity index (χ0n) is 29.0. The number of benzene rings is 1. The molecule has 2 fully saturated rings. The molecule has 3 atom stereocenters. The number of carbonyl (C=O) groups is 4. The van der Waals surface area contributed by atoms with E-state index < -0.39 is 35.0 Å². The highest BCUT2D eigenvalue weighted by molar-refractivity contribution is 6.07. The second-order valence-corrected chi connectivity index (χ2v) is 14.1. The Morgan fingerprint density at radius 1 is 1.06 bits per heavy atom. The van der Waals surface area contributed by atoms with Gasteiger partial charge < -0.3 is 15.0 Å². The van der Waals surface area contributed by atoms with E-state index in [0.29, 0.717) is 77.9 Å². The van der Waals surface area contributed by atoms with Crippen LogP contribution in [-0.4, -0.2) is 78.3 Å². The summed E-state index contributed by atoms with van der Waals surface area (Å²) in [5, 5.41) is 8.05. The number of ether oxygens (including phenoxy) is 1. The van der Waals surface area contributed by atoms with E-state index in [2.05, 4.69) is 25.4 Å². The van der Waals surface area contributed by atoms with Crippen LogP contribution < -0.4 is 5.32 Å². The summed E-state index contributed by atoms with van der Waals surface area (Å²) in [6.45, 7) is 5.21. The molecule has 2 amide bonds. The van der Waals surface area contributed by atoms with Crippen molar-refractivity contribution in [2.45, 2.75) is 90.6 Å². The van der Waals surface area contributed by atoms with Gasteiger partial charge in [-0.05, 0) is 74.4 Å². The van der Waals surface area contributed by atoms with Crippen LogP contribution in [0.15, 0.2) is 36.7 Å². The van der Waals surface area contributed by atoms with Gasteiger partial charge in [-0.3, -0.25) is 23.9 Å². The van der Waals surface area contributed by atoms with Crippen molar-refractivity contribution in [2.24, 2.45) is 5.41 Å². The molecule has 1 aliphatic carbocycles. The lowest BCUT2D eigenvalue weighted by molar-refractivity contribution is -0.141. The molecule has 52 heavy (non-hydrogen) atoms. The molecule has 4 aromatic rings. The number of aromatic nitrogens is 5. The molecule has 15 heteroatoms. The van der Waals surface area contributed by atoms with Crippen molar-refractivity contribution >= 4 is 34.3 Å². The minimum Gasteiger partial charge on any atom is -0.381 e. The van der Waals surface area contributed by atoms with Crippen molar-refractivity contribution in [1.82, 2.24) is 34.9 Å². The van der Waals surface area contributed by atoms with E-state index in [-0.39, 0.29) is 55.1 Å². The van der Waals surface area contributed by atoms with Gasteiger partial charge in [0.15, 0.2) is 11.6 Å². The minimum atomic E-state index is -4.67. The number of hydrogen-bond acceptors (Lipinski definition) is 9. The molecule has 0 spiro atoms. The van der Waals surface area contributed by atoms with Crippen LogP contribution >= 0.6 is 0 Å². The van der Waals surface area contributed by atoms with E-state index >= 15 is 0 Å². The number of alkyl halides is 3. The van der Waals surface area contributed by atoms with Crippen LogP contribution in [-0.2, 0) is 44.8 Å². The van der Waals surface area contributed by atoms with E-state index in [9.17, 15) is 32.3 Å². The van der Waals surface area contributed by atoms with Gasteiger partial charge in [0.25, 0.3) is 0 Å². The first-order chi connectivity index (χ1) is 24.7. The number of piperidine rings is 1. The Kier molecular flexibility index (Phi) is 9.17. The Bertz CT molecular complexity index is 2100. The highest BCUT2D eigenvalue weighted by Crippen LogP contribution is 2.60.